The van der Waals surface area contributed by atoms with Crippen molar-refractivity contribution in [2.45, 2.75) is 12.6 Å². The van der Waals surface area contributed by atoms with E-state index in [0.717, 1.165) is 17.7 Å². The van der Waals surface area contributed by atoms with Crippen LogP contribution in [0.1, 0.15) is 11.1 Å². The molecule has 0 saturated heterocycles. The summed E-state index contributed by atoms with van der Waals surface area (Å²) in [6.45, 7) is 0. The lowest BCUT2D eigenvalue weighted by Gasteiger charge is -2.10. The van der Waals surface area contributed by atoms with Crippen molar-refractivity contribution in [2.24, 2.45) is 0 Å². The summed E-state index contributed by atoms with van der Waals surface area (Å²) in [6.07, 6.45) is -4.13. The van der Waals surface area contributed by atoms with Gasteiger partial charge in [-0.1, -0.05) is 6.07 Å². The van der Waals surface area contributed by atoms with Gasteiger partial charge in [0.25, 0.3) is 0 Å². The Morgan fingerprint density at radius 3 is 2.74 bits per heavy atom. The van der Waals surface area contributed by atoms with E-state index in [0.29, 0.717) is 11.4 Å². The number of hydrogen-bond donors (Lipinski definition) is 1. The van der Waals surface area contributed by atoms with Crippen LogP contribution in [0.5, 0.6) is 0 Å². The average molecular weight is 282 g/mol. The van der Waals surface area contributed by atoms with Gasteiger partial charge in [-0.3, -0.25) is 0 Å². The lowest BCUT2D eigenvalue weighted by molar-refractivity contribution is -0.137. The Morgan fingerprint density at radius 2 is 2.05 bits per heavy atom. The van der Waals surface area contributed by atoms with E-state index in [-0.39, 0.29) is 6.42 Å². The van der Waals surface area contributed by atoms with E-state index in [1.807, 2.05) is 6.07 Å². The Bertz CT molecular complexity index is 611. The molecule has 0 spiro atoms. The molecule has 0 amide bonds. The number of nitrogens with zero attached hydrogens (tertiary/aromatic N) is 1. The molecule has 0 radical (unpaired) electrons. The normalized spacial score (nSPS) is 11.1. The van der Waals surface area contributed by atoms with Crippen LogP contribution in [0.3, 0.4) is 0 Å². The number of thiophene rings is 1. The van der Waals surface area contributed by atoms with Gasteiger partial charge in [-0.2, -0.15) is 18.4 Å². The van der Waals surface area contributed by atoms with Gasteiger partial charge in [0.1, 0.15) is 0 Å². The van der Waals surface area contributed by atoms with Crippen LogP contribution >= 0.6 is 11.3 Å². The largest absolute Gasteiger partial charge is 0.416 e. The van der Waals surface area contributed by atoms with Gasteiger partial charge >= 0.3 is 6.18 Å². The number of rotatable bonds is 3. The highest BCUT2D eigenvalue weighted by atomic mass is 32.1. The van der Waals surface area contributed by atoms with E-state index in [4.69, 9.17) is 5.26 Å². The molecule has 0 saturated carbocycles. The van der Waals surface area contributed by atoms with Crippen molar-refractivity contribution in [1.82, 2.24) is 0 Å². The second-order valence-electron chi connectivity index (χ2n) is 3.85. The van der Waals surface area contributed by atoms with Gasteiger partial charge in [0, 0.05) is 16.6 Å². The third-order valence-electron chi connectivity index (χ3n) is 2.48. The fourth-order valence-corrected chi connectivity index (χ4v) is 2.37. The van der Waals surface area contributed by atoms with E-state index in [1.165, 1.54) is 17.4 Å². The fourth-order valence-electron chi connectivity index (χ4n) is 1.58. The van der Waals surface area contributed by atoms with Crippen LogP contribution in [0, 0.1) is 11.3 Å². The number of hydrogen-bond acceptors (Lipinski definition) is 3. The van der Waals surface area contributed by atoms with Crippen molar-refractivity contribution in [1.29, 1.82) is 5.26 Å². The molecule has 1 heterocycles. The number of nitrogens with one attached hydrogen (secondary N) is 1. The number of anilines is 2. The molecule has 0 atom stereocenters. The molecule has 19 heavy (non-hydrogen) atoms. The predicted molar refractivity (Wildman–Crippen MR) is 68.4 cm³/mol. The molecule has 0 unspecified atom stereocenters. The lowest BCUT2D eigenvalue weighted by atomic mass is 10.1. The van der Waals surface area contributed by atoms with Gasteiger partial charge < -0.3 is 5.32 Å². The van der Waals surface area contributed by atoms with Crippen molar-refractivity contribution in [3.8, 4) is 6.07 Å². The highest BCUT2D eigenvalue weighted by molar-refractivity contribution is 7.08. The molecule has 1 aromatic carbocycles. The van der Waals surface area contributed by atoms with E-state index in [9.17, 15) is 13.2 Å². The Kier molecular flexibility index (Phi) is 3.76. The SMILES string of the molecule is N#CCc1cscc1Nc1cccc(C(F)(F)F)c1. The molecule has 1 N–H and O–H groups in total. The molecule has 2 nitrogen and oxygen atoms in total. The topological polar surface area (TPSA) is 35.8 Å². The maximum atomic E-state index is 12.6. The van der Waals surface area contributed by atoms with Gasteiger partial charge in [-0.25, -0.2) is 0 Å². The van der Waals surface area contributed by atoms with E-state index >= 15 is 0 Å². The molecule has 98 valence electrons. The summed E-state index contributed by atoms with van der Waals surface area (Å²) in [4.78, 5) is 0. The van der Waals surface area contributed by atoms with Crippen LogP contribution in [0.4, 0.5) is 24.5 Å². The third-order valence-corrected chi connectivity index (χ3v) is 3.27. The minimum atomic E-state index is -4.36. The minimum absolute atomic E-state index is 0.227. The Balaban J connectivity index is 2.24. The van der Waals surface area contributed by atoms with E-state index in [1.54, 1.807) is 16.8 Å². The molecule has 0 fully saturated rings. The van der Waals surface area contributed by atoms with Gasteiger partial charge in [-0.15, -0.1) is 11.3 Å². The summed E-state index contributed by atoms with van der Waals surface area (Å²) in [6, 6.07) is 7.00. The molecule has 2 aromatic rings. The molecule has 0 aliphatic carbocycles. The Hall–Kier alpha value is -2.00. The number of benzene rings is 1. The summed E-state index contributed by atoms with van der Waals surface area (Å²) in [5.41, 5.74) is 1.11. The van der Waals surface area contributed by atoms with Gasteiger partial charge in [0.2, 0.25) is 0 Å². The molecule has 1 aromatic heterocycles. The monoisotopic (exact) mass is 282 g/mol. The zero-order valence-electron chi connectivity index (χ0n) is 9.66. The quantitative estimate of drug-likeness (QED) is 0.894. The first-order valence-corrected chi connectivity index (χ1v) is 6.31. The number of halogens is 3. The van der Waals surface area contributed by atoms with E-state index in [2.05, 4.69) is 5.32 Å². The molecule has 0 aliphatic heterocycles. The summed E-state index contributed by atoms with van der Waals surface area (Å²) in [5, 5.41) is 15.1. The van der Waals surface area contributed by atoms with Crippen LogP contribution < -0.4 is 5.32 Å². The first-order chi connectivity index (χ1) is 9.00. The van der Waals surface area contributed by atoms with Crippen molar-refractivity contribution in [3.63, 3.8) is 0 Å². The van der Waals surface area contributed by atoms with Gasteiger partial charge in [0.15, 0.2) is 0 Å². The zero-order valence-corrected chi connectivity index (χ0v) is 10.5. The summed E-state index contributed by atoms with van der Waals surface area (Å²) < 4.78 is 37.7. The summed E-state index contributed by atoms with van der Waals surface area (Å²) in [7, 11) is 0. The number of nitriles is 1. The van der Waals surface area contributed by atoms with Crippen molar-refractivity contribution in [3.05, 3.63) is 46.2 Å². The highest BCUT2D eigenvalue weighted by Gasteiger charge is 2.30. The number of alkyl halides is 3. The first kappa shape index (κ1) is 13.4. The van der Waals surface area contributed by atoms with Gasteiger partial charge in [-0.05, 0) is 23.6 Å². The standard InChI is InChI=1S/C13H9F3N2S/c14-13(15,16)10-2-1-3-11(6-10)18-12-8-19-7-9(12)4-5-17/h1-3,6-8,18H,4H2. The van der Waals surface area contributed by atoms with Crippen LogP contribution in [-0.4, -0.2) is 0 Å². The maximum absolute atomic E-state index is 12.6. The van der Waals surface area contributed by atoms with Crippen LogP contribution in [-0.2, 0) is 12.6 Å². The average Bonchev–Trinajstić information content (AvgIpc) is 2.77. The molecule has 0 bridgehead atoms. The summed E-state index contributed by atoms with van der Waals surface area (Å²) >= 11 is 1.40. The second kappa shape index (κ2) is 5.33. The lowest BCUT2D eigenvalue weighted by Crippen LogP contribution is -2.05. The minimum Gasteiger partial charge on any atom is -0.355 e. The van der Waals surface area contributed by atoms with Crippen molar-refractivity contribution >= 4 is 22.7 Å². The van der Waals surface area contributed by atoms with Crippen molar-refractivity contribution < 1.29 is 13.2 Å². The Morgan fingerprint density at radius 1 is 1.26 bits per heavy atom. The molecular weight excluding hydrogens is 273 g/mol. The van der Waals surface area contributed by atoms with Crippen molar-refractivity contribution in [2.75, 3.05) is 5.32 Å². The van der Waals surface area contributed by atoms with E-state index < -0.39 is 11.7 Å². The molecule has 6 heteroatoms. The smallest absolute Gasteiger partial charge is 0.355 e. The Labute approximate surface area is 112 Å². The molecule has 0 aliphatic rings. The maximum Gasteiger partial charge on any atom is 0.416 e. The summed E-state index contributed by atoms with van der Waals surface area (Å²) in [5.74, 6) is 0. The fraction of sp³-hybridized carbons (Fsp3) is 0.154. The molecule has 2 rings (SSSR count). The molecular formula is C13H9F3N2S. The zero-order chi connectivity index (χ0) is 13.9. The van der Waals surface area contributed by atoms with Gasteiger partial charge in [0.05, 0.1) is 23.7 Å². The van der Waals surface area contributed by atoms with Crippen LogP contribution in [0.25, 0.3) is 0 Å². The first-order valence-electron chi connectivity index (χ1n) is 5.37. The predicted octanol–water partition coefficient (Wildman–Crippen LogP) is 4.58. The third kappa shape index (κ3) is 3.26. The highest BCUT2D eigenvalue weighted by Crippen LogP contribution is 2.32. The second-order valence-corrected chi connectivity index (χ2v) is 4.59. The van der Waals surface area contributed by atoms with Crippen LogP contribution in [0.2, 0.25) is 0 Å². The van der Waals surface area contributed by atoms with Crippen LogP contribution in [0.15, 0.2) is 35.0 Å².